The van der Waals surface area contributed by atoms with E-state index in [1.54, 1.807) is 21.1 Å². The lowest BCUT2D eigenvalue weighted by Gasteiger charge is -2.31. The summed E-state index contributed by atoms with van der Waals surface area (Å²) in [6.45, 7) is 5.00. The predicted molar refractivity (Wildman–Crippen MR) is 115 cm³/mol. The number of esters is 1. The number of carbonyl (C=O) groups excluding carboxylic acids is 1. The van der Waals surface area contributed by atoms with Gasteiger partial charge in [0.15, 0.2) is 16.6 Å². The molecule has 0 spiro atoms. The first kappa shape index (κ1) is 23.0. The van der Waals surface area contributed by atoms with Gasteiger partial charge >= 0.3 is 5.97 Å². The Morgan fingerprint density at radius 3 is 2.66 bits per heavy atom. The molecule has 1 aliphatic heterocycles. The Morgan fingerprint density at radius 1 is 1.17 bits per heavy atom. The fourth-order valence-electron chi connectivity index (χ4n) is 3.09. The zero-order valence-corrected chi connectivity index (χ0v) is 18.3. The molecule has 0 saturated carbocycles. The van der Waals surface area contributed by atoms with Gasteiger partial charge in [-0.05, 0) is 31.6 Å². The number of ether oxygens (including phenoxy) is 4. The topological polar surface area (TPSA) is 78.1 Å². The van der Waals surface area contributed by atoms with Crippen LogP contribution in [-0.2, 0) is 14.3 Å². The molecule has 160 valence electrons. The Labute approximate surface area is 177 Å². The van der Waals surface area contributed by atoms with Gasteiger partial charge in [-0.25, -0.2) is 4.79 Å². The van der Waals surface area contributed by atoms with Crippen LogP contribution in [0.15, 0.2) is 29.5 Å². The minimum Gasteiger partial charge on any atom is -0.493 e. The molecule has 1 atom stereocenters. The van der Waals surface area contributed by atoms with Gasteiger partial charge in [-0.1, -0.05) is 31.9 Å². The van der Waals surface area contributed by atoms with Crippen LogP contribution in [0.4, 0.5) is 0 Å². The van der Waals surface area contributed by atoms with Crippen LogP contribution in [0, 0.1) is 0 Å². The number of unbranched alkanes of at least 4 members (excludes halogenated alkanes) is 2. The van der Waals surface area contributed by atoms with Crippen LogP contribution in [0.25, 0.3) is 0 Å². The molecule has 1 aromatic rings. The number of allylic oxidation sites excluding steroid dienone is 1. The first-order valence-corrected chi connectivity index (χ1v) is 10.2. The van der Waals surface area contributed by atoms with Crippen molar-refractivity contribution in [1.82, 2.24) is 10.6 Å². The van der Waals surface area contributed by atoms with Crippen LogP contribution < -0.4 is 20.1 Å². The molecule has 0 aromatic heterocycles. The molecular formula is C21H30N2O5S. The van der Waals surface area contributed by atoms with Crippen molar-refractivity contribution in [3.05, 3.63) is 35.0 Å². The third-order valence-corrected chi connectivity index (χ3v) is 4.76. The Morgan fingerprint density at radius 2 is 1.97 bits per heavy atom. The lowest BCUT2D eigenvalue weighted by atomic mass is 9.94. The largest absolute Gasteiger partial charge is 0.493 e. The standard InChI is InChI=1S/C21H30N2O5S/c1-5-6-7-11-27-19-15(9-8-10-16(19)26-4)18-17(14(2)22-21(29)23-18)20(24)28-13-12-25-3/h8-10,18H,5-7,11-13H2,1-4H3,(H2,22,23,29)/t18-/m0/s1. The molecule has 1 aliphatic rings. The number of rotatable bonds is 11. The number of hydrogen-bond donors (Lipinski definition) is 2. The van der Waals surface area contributed by atoms with Crippen LogP contribution in [0.2, 0.25) is 0 Å². The molecule has 2 N–H and O–H groups in total. The van der Waals surface area contributed by atoms with Crippen molar-refractivity contribution in [2.24, 2.45) is 0 Å². The second-order valence-corrected chi connectivity index (χ2v) is 7.04. The normalized spacial score (nSPS) is 16.1. The zero-order chi connectivity index (χ0) is 21.2. The second kappa shape index (κ2) is 11.6. The highest BCUT2D eigenvalue weighted by atomic mass is 32.1. The summed E-state index contributed by atoms with van der Waals surface area (Å²) in [5, 5.41) is 6.61. The Hall–Kier alpha value is -2.32. The molecule has 0 radical (unpaired) electrons. The monoisotopic (exact) mass is 422 g/mol. The van der Waals surface area contributed by atoms with E-state index in [1.807, 2.05) is 18.2 Å². The van der Waals surface area contributed by atoms with Crippen molar-refractivity contribution in [3.63, 3.8) is 0 Å². The summed E-state index contributed by atoms with van der Waals surface area (Å²) in [6.07, 6.45) is 3.12. The highest BCUT2D eigenvalue weighted by Crippen LogP contribution is 2.39. The average molecular weight is 423 g/mol. The van der Waals surface area contributed by atoms with E-state index < -0.39 is 12.0 Å². The minimum atomic E-state index is -0.518. The van der Waals surface area contributed by atoms with Gasteiger partial charge in [0.2, 0.25) is 0 Å². The quantitative estimate of drug-likeness (QED) is 0.320. The molecule has 0 aliphatic carbocycles. The van der Waals surface area contributed by atoms with Crippen molar-refractivity contribution in [2.45, 2.75) is 39.2 Å². The summed E-state index contributed by atoms with van der Waals surface area (Å²) in [6, 6.07) is 5.09. The summed E-state index contributed by atoms with van der Waals surface area (Å²) < 4.78 is 21.9. The number of carbonyl (C=O) groups is 1. The number of para-hydroxylation sites is 1. The van der Waals surface area contributed by atoms with E-state index >= 15 is 0 Å². The molecule has 0 fully saturated rings. The maximum Gasteiger partial charge on any atom is 0.338 e. The molecule has 1 heterocycles. The van der Waals surface area contributed by atoms with Crippen LogP contribution in [-0.4, -0.2) is 45.1 Å². The van der Waals surface area contributed by atoms with Gasteiger partial charge in [-0.3, -0.25) is 0 Å². The lowest BCUT2D eigenvalue weighted by Crippen LogP contribution is -2.45. The van der Waals surface area contributed by atoms with E-state index in [0.717, 1.165) is 24.8 Å². The smallest absolute Gasteiger partial charge is 0.338 e. The van der Waals surface area contributed by atoms with Gasteiger partial charge in [0, 0.05) is 18.4 Å². The van der Waals surface area contributed by atoms with E-state index in [9.17, 15) is 4.79 Å². The summed E-state index contributed by atoms with van der Waals surface area (Å²) in [4.78, 5) is 12.8. The van der Waals surface area contributed by atoms with Gasteiger partial charge in [0.25, 0.3) is 0 Å². The second-order valence-electron chi connectivity index (χ2n) is 6.63. The highest BCUT2D eigenvalue weighted by molar-refractivity contribution is 7.80. The number of hydrogen-bond acceptors (Lipinski definition) is 6. The summed E-state index contributed by atoms with van der Waals surface area (Å²) in [5.41, 5.74) is 1.85. The molecule has 2 rings (SSSR count). The SMILES string of the molecule is CCCCCOc1c(OC)cccc1[C@@H]1NC(=S)NC(C)=C1C(=O)OCCOC. The van der Waals surface area contributed by atoms with Crippen molar-refractivity contribution in [3.8, 4) is 11.5 Å². The molecule has 29 heavy (non-hydrogen) atoms. The number of methoxy groups -OCH3 is 2. The molecule has 1 aromatic carbocycles. The van der Waals surface area contributed by atoms with E-state index in [-0.39, 0.29) is 6.61 Å². The maximum atomic E-state index is 12.8. The van der Waals surface area contributed by atoms with Gasteiger partial charge in [-0.15, -0.1) is 0 Å². The highest BCUT2D eigenvalue weighted by Gasteiger charge is 2.33. The Bertz CT molecular complexity index is 751. The number of thiocarbonyl (C=S) groups is 1. The molecule has 0 bridgehead atoms. The van der Waals surface area contributed by atoms with E-state index in [4.69, 9.17) is 31.2 Å². The van der Waals surface area contributed by atoms with Gasteiger partial charge < -0.3 is 29.6 Å². The molecule has 0 amide bonds. The Kier molecular flexibility index (Phi) is 9.21. The third kappa shape index (κ3) is 6.08. The van der Waals surface area contributed by atoms with Gasteiger partial charge in [0.05, 0.1) is 31.9 Å². The van der Waals surface area contributed by atoms with Crippen molar-refractivity contribution < 1.29 is 23.7 Å². The maximum absolute atomic E-state index is 12.8. The molecule has 0 unspecified atom stereocenters. The number of nitrogens with one attached hydrogen (secondary N) is 2. The first-order chi connectivity index (χ1) is 14.0. The van der Waals surface area contributed by atoms with Crippen LogP contribution >= 0.6 is 12.2 Å². The summed E-state index contributed by atoms with van der Waals surface area (Å²) in [5.74, 6) is 0.769. The lowest BCUT2D eigenvalue weighted by molar-refractivity contribution is -0.140. The summed E-state index contributed by atoms with van der Waals surface area (Å²) >= 11 is 5.33. The van der Waals surface area contributed by atoms with E-state index in [1.165, 1.54) is 0 Å². The number of benzene rings is 1. The van der Waals surface area contributed by atoms with Crippen molar-refractivity contribution in [2.75, 3.05) is 34.0 Å². The van der Waals surface area contributed by atoms with Crippen molar-refractivity contribution in [1.29, 1.82) is 0 Å². The van der Waals surface area contributed by atoms with Crippen LogP contribution in [0.1, 0.15) is 44.7 Å². The zero-order valence-electron chi connectivity index (χ0n) is 17.5. The molecule has 0 saturated heterocycles. The molecule has 7 nitrogen and oxygen atoms in total. The van der Waals surface area contributed by atoms with Gasteiger partial charge in [0.1, 0.15) is 6.61 Å². The Balaban J connectivity index is 2.39. The van der Waals surface area contributed by atoms with Crippen molar-refractivity contribution >= 4 is 23.3 Å². The molecular weight excluding hydrogens is 392 g/mol. The van der Waals surface area contributed by atoms with E-state index in [2.05, 4.69) is 17.6 Å². The van der Waals surface area contributed by atoms with E-state index in [0.29, 0.717) is 41.1 Å². The fraction of sp³-hybridized carbons (Fsp3) is 0.524. The minimum absolute atomic E-state index is 0.168. The molecule has 8 heteroatoms. The van der Waals surface area contributed by atoms with Crippen LogP contribution in [0.5, 0.6) is 11.5 Å². The average Bonchev–Trinajstić information content (AvgIpc) is 2.70. The third-order valence-electron chi connectivity index (χ3n) is 4.54. The predicted octanol–water partition coefficient (Wildman–Crippen LogP) is 3.25. The fourth-order valence-corrected chi connectivity index (χ4v) is 3.37. The van der Waals surface area contributed by atoms with Crippen LogP contribution in [0.3, 0.4) is 0 Å². The summed E-state index contributed by atoms with van der Waals surface area (Å²) in [7, 11) is 3.15. The first-order valence-electron chi connectivity index (χ1n) is 9.77. The van der Waals surface area contributed by atoms with Gasteiger partial charge in [-0.2, -0.15) is 0 Å².